The molecule has 0 unspecified atom stereocenters. The summed E-state index contributed by atoms with van der Waals surface area (Å²) in [6.07, 6.45) is -0.0255. The first-order chi connectivity index (χ1) is 4.29. The number of rotatable bonds is 0. The van der Waals surface area contributed by atoms with Gasteiger partial charge in [0.15, 0.2) is 0 Å². The van der Waals surface area contributed by atoms with Crippen LogP contribution in [0.25, 0.3) is 0 Å². The van der Waals surface area contributed by atoms with E-state index in [2.05, 4.69) is 5.32 Å². The molecule has 0 aromatic heterocycles. The van der Waals surface area contributed by atoms with Gasteiger partial charge in [0.25, 0.3) is 0 Å². The largest absolute Gasteiger partial charge is 0.390 e. The van der Waals surface area contributed by atoms with Crippen LogP contribution in [-0.4, -0.2) is 35.0 Å². The van der Waals surface area contributed by atoms with Crippen LogP contribution in [0.2, 0.25) is 0 Å². The average Bonchev–Trinajstić information content (AvgIpc) is 2.37. The lowest BCUT2D eigenvalue weighted by atomic mass is 10.1. The maximum Gasteiger partial charge on any atom is 0.0954 e. The minimum Gasteiger partial charge on any atom is -0.390 e. The van der Waals surface area contributed by atoms with Crippen LogP contribution in [0.5, 0.6) is 0 Å². The highest BCUT2D eigenvalue weighted by molar-refractivity contribution is 5.01. The van der Waals surface area contributed by atoms with Crippen LogP contribution >= 0.6 is 0 Å². The Bertz CT molecular complexity index is 110. The summed E-state index contributed by atoms with van der Waals surface area (Å²) in [6, 6.07) is 0.171. The molecule has 4 atom stereocenters. The van der Waals surface area contributed by atoms with Crippen LogP contribution in [0.15, 0.2) is 0 Å². The summed E-state index contributed by atoms with van der Waals surface area (Å²) in [6.45, 7) is 0.878. The minimum absolute atomic E-state index is 0.171. The molecule has 1 aliphatic carbocycles. The van der Waals surface area contributed by atoms with E-state index in [0.29, 0.717) is 5.92 Å². The smallest absolute Gasteiger partial charge is 0.0954 e. The Hall–Kier alpha value is -0.120. The second kappa shape index (κ2) is 1.68. The molecule has 2 bridgehead atoms. The summed E-state index contributed by atoms with van der Waals surface area (Å²) in [5, 5.41) is 21.5. The molecule has 9 heavy (non-hydrogen) atoms. The van der Waals surface area contributed by atoms with Gasteiger partial charge in [-0.25, -0.2) is 0 Å². The number of aliphatic hydroxyl groups excluding tert-OH is 2. The van der Waals surface area contributed by atoms with Crippen LogP contribution in [0.1, 0.15) is 6.42 Å². The standard InChI is InChI=1S/C6H11NO2/c8-5-3-1-4(6(5)9)7-2-3/h3-9H,1-2H2/t3-,4+,5+,6-/m1/s1. The first kappa shape index (κ1) is 5.65. The Balaban J connectivity index is 2.15. The Morgan fingerprint density at radius 1 is 1.22 bits per heavy atom. The maximum atomic E-state index is 9.20. The number of aliphatic hydroxyl groups is 2. The quantitative estimate of drug-likeness (QED) is 0.381. The predicted octanol–water partition coefficient (Wildman–Crippen LogP) is -1.30. The van der Waals surface area contributed by atoms with E-state index in [4.69, 9.17) is 0 Å². The van der Waals surface area contributed by atoms with Gasteiger partial charge < -0.3 is 15.5 Å². The molecule has 1 saturated heterocycles. The van der Waals surface area contributed by atoms with Gasteiger partial charge in [-0.2, -0.15) is 0 Å². The zero-order valence-electron chi connectivity index (χ0n) is 5.12. The van der Waals surface area contributed by atoms with Gasteiger partial charge in [-0.15, -0.1) is 0 Å². The summed E-state index contributed by atoms with van der Waals surface area (Å²) < 4.78 is 0. The van der Waals surface area contributed by atoms with Crippen molar-refractivity contribution >= 4 is 0 Å². The molecule has 3 N–H and O–H groups in total. The van der Waals surface area contributed by atoms with E-state index in [1.807, 2.05) is 0 Å². The molecule has 3 nitrogen and oxygen atoms in total. The number of piperidine rings is 1. The molecule has 0 amide bonds. The van der Waals surface area contributed by atoms with E-state index in [1.165, 1.54) is 0 Å². The predicted molar refractivity (Wildman–Crippen MR) is 31.9 cm³/mol. The highest BCUT2D eigenvalue weighted by atomic mass is 16.3. The summed E-state index contributed by atoms with van der Waals surface area (Å²) in [4.78, 5) is 0. The molecule has 1 saturated carbocycles. The molecule has 0 aromatic carbocycles. The third-order valence-corrected chi connectivity index (χ3v) is 2.44. The van der Waals surface area contributed by atoms with Crippen LogP contribution in [0, 0.1) is 5.92 Å². The highest BCUT2D eigenvalue weighted by Crippen LogP contribution is 2.31. The molecule has 0 radical (unpaired) electrons. The Kier molecular flexibility index (Phi) is 1.06. The van der Waals surface area contributed by atoms with Gasteiger partial charge in [-0.05, 0) is 6.42 Å². The SMILES string of the molecule is O[C@H]1[C@H]2CN[C@@H](C2)[C@H]1O. The topological polar surface area (TPSA) is 52.5 Å². The number of fused-ring (bicyclic) bond motifs is 2. The van der Waals surface area contributed by atoms with Crippen molar-refractivity contribution in [3.63, 3.8) is 0 Å². The summed E-state index contributed by atoms with van der Waals surface area (Å²) in [7, 11) is 0. The van der Waals surface area contributed by atoms with E-state index in [1.54, 1.807) is 0 Å². The summed E-state index contributed by atoms with van der Waals surface area (Å²) in [5.41, 5.74) is 0. The molecule has 0 aromatic rings. The van der Waals surface area contributed by atoms with Gasteiger partial charge in [-0.3, -0.25) is 0 Å². The van der Waals surface area contributed by atoms with Gasteiger partial charge in [-0.1, -0.05) is 0 Å². The molecule has 3 heteroatoms. The molecular weight excluding hydrogens is 118 g/mol. The van der Waals surface area contributed by atoms with Gasteiger partial charge in [0.2, 0.25) is 0 Å². The summed E-state index contributed by atoms with van der Waals surface area (Å²) >= 11 is 0. The Labute approximate surface area is 53.7 Å². The van der Waals surface area contributed by atoms with Crippen molar-refractivity contribution in [2.75, 3.05) is 6.54 Å². The van der Waals surface area contributed by atoms with Gasteiger partial charge in [0.05, 0.1) is 12.2 Å². The van der Waals surface area contributed by atoms with E-state index >= 15 is 0 Å². The van der Waals surface area contributed by atoms with Crippen molar-refractivity contribution in [3.05, 3.63) is 0 Å². The van der Waals surface area contributed by atoms with Crippen molar-refractivity contribution in [3.8, 4) is 0 Å². The molecule has 2 aliphatic rings. The normalized spacial score (nSPS) is 56.7. The highest BCUT2D eigenvalue weighted by Gasteiger charge is 2.45. The zero-order valence-corrected chi connectivity index (χ0v) is 5.12. The number of hydrogen-bond donors (Lipinski definition) is 3. The maximum absolute atomic E-state index is 9.20. The fourth-order valence-corrected chi connectivity index (χ4v) is 1.83. The Morgan fingerprint density at radius 3 is 2.33 bits per heavy atom. The summed E-state index contributed by atoms with van der Waals surface area (Å²) in [5.74, 6) is 0.310. The van der Waals surface area contributed by atoms with E-state index in [9.17, 15) is 10.2 Å². The Morgan fingerprint density at radius 2 is 2.00 bits per heavy atom. The van der Waals surface area contributed by atoms with Crippen molar-refractivity contribution in [2.45, 2.75) is 24.7 Å². The van der Waals surface area contributed by atoms with Crippen LogP contribution in [0.4, 0.5) is 0 Å². The first-order valence-electron chi connectivity index (χ1n) is 3.38. The zero-order chi connectivity index (χ0) is 6.43. The molecule has 2 fully saturated rings. The number of hydrogen-bond acceptors (Lipinski definition) is 3. The van der Waals surface area contributed by atoms with Crippen molar-refractivity contribution < 1.29 is 10.2 Å². The fraction of sp³-hybridized carbons (Fsp3) is 1.00. The van der Waals surface area contributed by atoms with Crippen LogP contribution < -0.4 is 5.32 Å². The first-order valence-corrected chi connectivity index (χ1v) is 3.38. The van der Waals surface area contributed by atoms with E-state index < -0.39 is 12.2 Å². The molecular formula is C6H11NO2. The van der Waals surface area contributed by atoms with Crippen molar-refractivity contribution in [1.82, 2.24) is 5.32 Å². The van der Waals surface area contributed by atoms with Gasteiger partial charge in [0, 0.05) is 18.5 Å². The van der Waals surface area contributed by atoms with E-state index in [0.717, 1.165) is 13.0 Å². The fourth-order valence-electron chi connectivity index (χ4n) is 1.83. The van der Waals surface area contributed by atoms with Crippen molar-refractivity contribution in [2.24, 2.45) is 5.92 Å². The van der Waals surface area contributed by atoms with Crippen LogP contribution in [0.3, 0.4) is 0 Å². The second-order valence-electron chi connectivity index (χ2n) is 2.99. The molecule has 2 rings (SSSR count). The van der Waals surface area contributed by atoms with Gasteiger partial charge in [0.1, 0.15) is 0 Å². The average molecular weight is 129 g/mol. The molecule has 0 spiro atoms. The van der Waals surface area contributed by atoms with E-state index in [-0.39, 0.29) is 6.04 Å². The lowest BCUT2D eigenvalue weighted by Crippen LogP contribution is -2.45. The monoisotopic (exact) mass is 129 g/mol. The molecule has 1 heterocycles. The molecule has 52 valence electrons. The lowest BCUT2D eigenvalue weighted by Gasteiger charge is -2.22. The third-order valence-electron chi connectivity index (χ3n) is 2.44. The number of nitrogens with one attached hydrogen (secondary N) is 1. The lowest BCUT2D eigenvalue weighted by molar-refractivity contribution is -0.00445. The minimum atomic E-state index is -0.510. The van der Waals surface area contributed by atoms with Crippen LogP contribution in [-0.2, 0) is 0 Å². The second-order valence-corrected chi connectivity index (χ2v) is 2.99. The van der Waals surface area contributed by atoms with Gasteiger partial charge >= 0.3 is 0 Å². The van der Waals surface area contributed by atoms with Crippen molar-refractivity contribution in [1.29, 1.82) is 0 Å². The molecule has 1 aliphatic heterocycles. The third kappa shape index (κ3) is 0.625.